The maximum atomic E-state index is 10.3. The smallest absolute Gasteiger partial charge is 0.297 e. The van der Waals surface area contributed by atoms with E-state index in [1.54, 1.807) is 0 Å². The van der Waals surface area contributed by atoms with Crippen molar-refractivity contribution in [3.05, 3.63) is 28.4 Å². The monoisotopic (exact) mass is 195 g/mol. The van der Waals surface area contributed by atoms with Gasteiger partial charge in [-0.15, -0.1) is 0 Å². The van der Waals surface area contributed by atoms with Crippen LogP contribution in [0, 0.1) is 16.3 Å². The molecule has 0 N–H and O–H groups in total. The van der Waals surface area contributed by atoms with Crippen LogP contribution in [0.3, 0.4) is 0 Å². The molecule has 14 heavy (non-hydrogen) atoms. The lowest BCUT2D eigenvalue weighted by atomic mass is 10.2. The first kappa shape index (κ1) is 10.4. The van der Waals surface area contributed by atoms with Gasteiger partial charge in [0.1, 0.15) is 5.60 Å². The molecule has 0 spiro atoms. The maximum Gasteiger partial charge on any atom is 0.297 e. The Morgan fingerprint density at radius 3 is 2.50 bits per heavy atom. The van der Waals surface area contributed by atoms with Crippen molar-refractivity contribution in [1.29, 1.82) is 0 Å². The fourth-order valence-electron chi connectivity index (χ4n) is 0.809. The lowest BCUT2D eigenvalue weighted by Crippen LogP contribution is -2.23. The average molecular weight is 195 g/mol. The van der Waals surface area contributed by atoms with E-state index in [0.717, 1.165) is 0 Å². The summed E-state index contributed by atoms with van der Waals surface area (Å²) < 4.78 is 5.37. The van der Waals surface area contributed by atoms with Crippen molar-refractivity contribution < 1.29 is 9.66 Å². The van der Waals surface area contributed by atoms with E-state index in [2.05, 4.69) is 11.2 Å². The minimum atomic E-state index is -0.548. The van der Waals surface area contributed by atoms with Crippen LogP contribution in [-0.2, 0) is 0 Å². The predicted octanol–water partition coefficient (Wildman–Crippen LogP) is 1.97. The third-order valence-electron chi connectivity index (χ3n) is 1.27. The zero-order valence-corrected chi connectivity index (χ0v) is 8.27. The first-order valence-corrected chi connectivity index (χ1v) is 4.10. The van der Waals surface area contributed by atoms with E-state index >= 15 is 0 Å². The Kier molecular flexibility index (Phi) is 2.69. The molecular formula is C9H11N2O3. The molecule has 0 bridgehead atoms. The molecule has 1 aromatic heterocycles. The van der Waals surface area contributed by atoms with E-state index in [-0.39, 0.29) is 11.3 Å². The summed E-state index contributed by atoms with van der Waals surface area (Å²) in [4.78, 5) is 13.4. The highest BCUT2D eigenvalue weighted by Crippen LogP contribution is 2.17. The van der Waals surface area contributed by atoms with E-state index < -0.39 is 4.92 Å². The number of rotatable bonds is 2. The van der Waals surface area contributed by atoms with E-state index in [0.29, 0.717) is 5.88 Å². The molecule has 1 heterocycles. The number of hydrogen-bond donors (Lipinski definition) is 0. The predicted molar refractivity (Wildman–Crippen MR) is 50.1 cm³/mol. The molecule has 1 rings (SSSR count). The van der Waals surface area contributed by atoms with Crippen molar-refractivity contribution in [3.63, 3.8) is 0 Å². The van der Waals surface area contributed by atoms with E-state index in [1.165, 1.54) is 12.1 Å². The van der Waals surface area contributed by atoms with E-state index in [1.807, 2.05) is 20.8 Å². The molecule has 0 aromatic carbocycles. The average Bonchev–Trinajstić information content (AvgIpc) is 2.02. The van der Waals surface area contributed by atoms with Gasteiger partial charge in [0.2, 0.25) is 5.88 Å². The lowest BCUT2D eigenvalue weighted by Gasteiger charge is -2.19. The molecule has 0 unspecified atom stereocenters. The maximum absolute atomic E-state index is 10.3. The molecule has 0 saturated carbocycles. The minimum Gasteiger partial charge on any atom is -0.472 e. The van der Waals surface area contributed by atoms with Crippen LogP contribution in [0.1, 0.15) is 20.8 Å². The van der Waals surface area contributed by atoms with Gasteiger partial charge < -0.3 is 4.74 Å². The molecular weight excluding hydrogens is 184 g/mol. The van der Waals surface area contributed by atoms with Crippen LogP contribution in [0.15, 0.2) is 12.1 Å². The number of nitrogens with zero attached hydrogens (tertiary/aromatic N) is 2. The Bertz CT molecular complexity index is 327. The fraction of sp³-hybridized carbons (Fsp3) is 0.444. The lowest BCUT2D eigenvalue weighted by molar-refractivity contribution is -0.385. The molecule has 0 saturated heterocycles. The van der Waals surface area contributed by atoms with Gasteiger partial charge in [0.25, 0.3) is 5.69 Å². The zero-order chi connectivity index (χ0) is 10.8. The van der Waals surface area contributed by atoms with Crippen LogP contribution in [-0.4, -0.2) is 15.5 Å². The van der Waals surface area contributed by atoms with Gasteiger partial charge in [-0.1, -0.05) is 0 Å². The molecule has 75 valence electrons. The van der Waals surface area contributed by atoms with Crippen LogP contribution >= 0.6 is 0 Å². The van der Waals surface area contributed by atoms with Crippen LogP contribution < -0.4 is 4.74 Å². The Hall–Kier alpha value is -1.65. The second-order valence-electron chi connectivity index (χ2n) is 3.75. The molecule has 0 aliphatic carbocycles. The summed E-state index contributed by atoms with van der Waals surface area (Å²) in [5, 5.41) is 10.3. The van der Waals surface area contributed by atoms with Gasteiger partial charge in [-0.25, -0.2) is 4.98 Å². The molecule has 0 amide bonds. The van der Waals surface area contributed by atoms with Gasteiger partial charge in [0.05, 0.1) is 4.92 Å². The molecule has 0 aliphatic rings. The van der Waals surface area contributed by atoms with Gasteiger partial charge in [-0.2, -0.15) is 0 Å². The van der Waals surface area contributed by atoms with Gasteiger partial charge >= 0.3 is 0 Å². The Labute approximate surface area is 81.9 Å². The summed E-state index contributed by atoms with van der Waals surface area (Å²) in [6.45, 7) is 5.61. The summed E-state index contributed by atoms with van der Waals surface area (Å²) in [5.41, 5.74) is -0.525. The number of nitro groups is 1. The highest BCUT2D eigenvalue weighted by Gasteiger charge is 2.14. The topological polar surface area (TPSA) is 65.3 Å². The summed E-state index contributed by atoms with van der Waals surface area (Å²) in [6.07, 6.45) is 2.28. The third kappa shape index (κ3) is 3.01. The first-order chi connectivity index (χ1) is 6.38. The number of ether oxygens (including phenoxy) is 1. The normalized spacial score (nSPS) is 11.1. The highest BCUT2D eigenvalue weighted by atomic mass is 16.6. The van der Waals surface area contributed by atoms with E-state index in [9.17, 15) is 10.1 Å². The van der Waals surface area contributed by atoms with Crippen LogP contribution in [0.4, 0.5) is 5.69 Å². The minimum absolute atomic E-state index is 0.161. The van der Waals surface area contributed by atoms with Gasteiger partial charge in [0, 0.05) is 12.1 Å². The third-order valence-corrected chi connectivity index (χ3v) is 1.27. The molecule has 1 radical (unpaired) electrons. The first-order valence-electron chi connectivity index (χ1n) is 4.10. The second kappa shape index (κ2) is 3.61. The van der Waals surface area contributed by atoms with Crippen molar-refractivity contribution in [2.75, 3.05) is 0 Å². The molecule has 5 heteroatoms. The van der Waals surface area contributed by atoms with Gasteiger partial charge in [0.15, 0.2) is 6.20 Å². The zero-order valence-electron chi connectivity index (χ0n) is 8.27. The van der Waals surface area contributed by atoms with Crippen molar-refractivity contribution in [1.82, 2.24) is 4.98 Å². The molecule has 0 aliphatic heterocycles. The van der Waals surface area contributed by atoms with Crippen molar-refractivity contribution in [2.45, 2.75) is 26.4 Å². The van der Waals surface area contributed by atoms with Crippen molar-refractivity contribution >= 4 is 5.69 Å². The summed E-state index contributed by atoms with van der Waals surface area (Å²) >= 11 is 0. The van der Waals surface area contributed by atoms with E-state index in [4.69, 9.17) is 4.74 Å². The molecule has 5 nitrogen and oxygen atoms in total. The highest BCUT2D eigenvalue weighted by molar-refractivity contribution is 5.27. The van der Waals surface area contributed by atoms with Crippen LogP contribution in [0.5, 0.6) is 5.88 Å². The quantitative estimate of drug-likeness (QED) is 0.534. The van der Waals surface area contributed by atoms with Crippen molar-refractivity contribution in [3.8, 4) is 5.88 Å². The van der Waals surface area contributed by atoms with Crippen LogP contribution in [0.25, 0.3) is 0 Å². The van der Waals surface area contributed by atoms with Crippen LogP contribution in [0.2, 0.25) is 0 Å². The number of hydrogen-bond acceptors (Lipinski definition) is 4. The number of pyridine rings is 1. The Morgan fingerprint density at radius 2 is 2.14 bits per heavy atom. The summed E-state index contributed by atoms with van der Waals surface area (Å²) in [7, 11) is 0. The van der Waals surface area contributed by atoms with Crippen molar-refractivity contribution in [2.24, 2.45) is 0 Å². The largest absolute Gasteiger partial charge is 0.472 e. The Morgan fingerprint density at radius 1 is 1.50 bits per heavy atom. The summed E-state index contributed by atoms with van der Waals surface area (Å²) in [6, 6.07) is 2.77. The molecule has 1 aromatic rings. The fourth-order valence-corrected chi connectivity index (χ4v) is 0.809. The summed E-state index contributed by atoms with van der Waals surface area (Å²) in [5.74, 6) is 0.336. The SMILES string of the molecule is CC(C)(C)Oc1ccc([N+](=O)[O-])[c]n1. The number of aromatic nitrogens is 1. The van der Waals surface area contributed by atoms with Gasteiger partial charge in [-0.3, -0.25) is 10.1 Å². The molecule has 0 fully saturated rings. The second-order valence-corrected chi connectivity index (χ2v) is 3.75. The standard InChI is InChI=1S/C9H11N2O3/c1-9(2,3)14-8-5-4-7(6-10-8)11(12)13/h4-5H,1-3H3. The van der Waals surface area contributed by atoms with Gasteiger partial charge in [-0.05, 0) is 20.8 Å². The Balaban J connectivity index is 2.79. The molecule has 0 atom stereocenters.